The van der Waals surface area contributed by atoms with E-state index in [2.05, 4.69) is 0 Å². The summed E-state index contributed by atoms with van der Waals surface area (Å²) >= 11 is 0. The topological polar surface area (TPSA) is 37.3 Å². The highest BCUT2D eigenvalue weighted by molar-refractivity contribution is 5.82. The van der Waals surface area contributed by atoms with Gasteiger partial charge in [0, 0.05) is 12.3 Å². The molecule has 0 amide bonds. The van der Waals surface area contributed by atoms with Crippen LogP contribution >= 0.6 is 0 Å². The third kappa shape index (κ3) is 2.07. The zero-order chi connectivity index (χ0) is 9.14. The maximum absolute atomic E-state index is 11.4. The van der Waals surface area contributed by atoms with Crippen molar-refractivity contribution in [3.63, 3.8) is 0 Å². The van der Waals surface area contributed by atoms with Gasteiger partial charge in [-0.25, -0.2) is 0 Å². The number of aliphatic hydroxyl groups is 1. The highest BCUT2D eigenvalue weighted by Gasteiger charge is 2.30. The van der Waals surface area contributed by atoms with Crippen LogP contribution in [0.3, 0.4) is 0 Å². The van der Waals surface area contributed by atoms with E-state index in [0.29, 0.717) is 6.42 Å². The van der Waals surface area contributed by atoms with Crippen molar-refractivity contribution in [2.24, 2.45) is 11.8 Å². The summed E-state index contributed by atoms with van der Waals surface area (Å²) in [6.07, 6.45) is 3.25. The van der Waals surface area contributed by atoms with Gasteiger partial charge in [0.1, 0.15) is 5.78 Å². The monoisotopic (exact) mass is 170 g/mol. The first-order valence-corrected chi connectivity index (χ1v) is 4.83. The van der Waals surface area contributed by atoms with Gasteiger partial charge in [-0.05, 0) is 18.8 Å². The van der Waals surface area contributed by atoms with Gasteiger partial charge in [-0.1, -0.05) is 20.3 Å². The number of hydrogen-bond donors (Lipinski definition) is 1. The van der Waals surface area contributed by atoms with Gasteiger partial charge >= 0.3 is 0 Å². The Labute approximate surface area is 74.0 Å². The summed E-state index contributed by atoms with van der Waals surface area (Å²) in [6, 6.07) is 0. The van der Waals surface area contributed by atoms with Gasteiger partial charge in [0.2, 0.25) is 0 Å². The molecule has 0 heterocycles. The molecular weight excluding hydrogens is 152 g/mol. The van der Waals surface area contributed by atoms with Crippen molar-refractivity contribution < 1.29 is 9.90 Å². The predicted molar refractivity (Wildman–Crippen MR) is 47.8 cm³/mol. The summed E-state index contributed by atoms with van der Waals surface area (Å²) in [6.45, 7) is 3.93. The van der Waals surface area contributed by atoms with Crippen molar-refractivity contribution in [3.8, 4) is 0 Å². The molecule has 0 radical (unpaired) electrons. The number of carbonyl (C=O) groups is 1. The normalized spacial score (nSPS) is 27.7. The van der Waals surface area contributed by atoms with Crippen LogP contribution in [0, 0.1) is 11.8 Å². The molecule has 2 atom stereocenters. The molecule has 0 saturated heterocycles. The van der Waals surface area contributed by atoms with Crippen LogP contribution in [-0.2, 0) is 4.79 Å². The van der Waals surface area contributed by atoms with Crippen LogP contribution in [0.5, 0.6) is 0 Å². The number of carbonyl (C=O) groups excluding carboxylic acids is 1. The standard InChI is InChI=1S/C10H18O2/c1-7(2)10(12)8-5-3-4-6-9(8)11/h7-8,10,12H,3-6H2,1-2H3/t8-,10-/m1/s1. The van der Waals surface area contributed by atoms with E-state index in [1.807, 2.05) is 13.8 Å². The van der Waals surface area contributed by atoms with E-state index in [-0.39, 0.29) is 17.6 Å². The number of ketones is 1. The molecule has 0 spiro atoms. The first-order chi connectivity index (χ1) is 5.63. The second kappa shape index (κ2) is 4.04. The van der Waals surface area contributed by atoms with Crippen LogP contribution < -0.4 is 0 Å². The number of rotatable bonds is 2. The Bertz CT molecular complexity index is 163. The molecule has 1 aliphatic rings. The lowest BCUT2D eigenvalue weighted by molar-refractivity contribution is -0.129. The van der Waals surface area contributed by atoms with Gasteiger partial charge in [0.25, 0.3) is 0 Å². The molecule has 12 heavy (non-hydrogen) atoms. The molecular formula is C10H18O2. The molecule has 1 saturated carbocycles. The van der Waals surface area contributed by atoms with E-state index >= 15 is 0 Å². The maximum atomic E-state index is 11.4. The molecule has 0 unspecified atom stereocenters. The van der Waals surface area contributed by atoms with Crippen LogP contribution in [0.1, 0.15) is 39.5 Å². The first kappa shape index (κ1) is 9.72. The van der Waals surface area contributed by atoms with Crippen LogP contribution in [0.2, 0.25) is 0 Å². The van der Waals surface area contributed by atoms with E-state index in [1.165, 1.54) is 0 Å². The molecule has 0 aliphatic heterocycles. The van der Waals surface area contributed by atoms with Crippen molar-refractivity contribution in [2.45, 2.75) is 45.6 Å². The summed E-state index contributed by atoms with van der Waals surface area (Å²) in [4.78, 5) is 11.4. The quantitative estimate of drug-likeness (QED) is 0.685. The van der Waals surface area contributed by atoms with Gasteiger partial charge in [0.15, 0.2) is 0 Å². The Hall–Kier alpha value is -0.370. The maximum Gasteiger partial charge on any atom is 0.138 e. The zero-order valence-corrected chi connectivity index (χ0v) is 7.92. The largest absolute Gasteiger partial charge is 0.392 e. The summed E-state index contributed by atoms with van der Waals surface area (Å²) in [7, 11) is 0. The Balaban J connectivity index is 2.53. The molecule has 0 aromatic rings. The van der Waals surface area contributed by atoms with E-state index in [1.54, 1.807) is 0 Å². The predicted octanol–water partition coefficient (Wildman–Crippen LogP) is 1.76. The molecule has 1 rings (SSSR count). The van der Waals surface area contributed by atoms with Crippen molar-refractivity contribution in [1.82, 2.24) is 0 Å². The third-order valence-electron chi connectivity index (χ3n) is 2.70. The zero-order valence-electron chi connectivity index (χ0n) is 7.92. The van der Waals surface area contributed by atoms with Gasteiger partial charge in [-0.3, -0.25) is 4.79 Å². The molecule has 1 N–H and O–H groups in total. The Kier molecular flexibility index (Phi) is 3.27. The van der Waals surface area contributed by atoms with Crippen LogP contribution in [0.25, 0.3) is 0 Å². The van der Waals surface area contributed by atoms with Crippen molar-refractivity contribution in [2.75, 3.05) is 0 Å². The van der Waals surface area contributed by atoms with Crippen molar-refractivity contribution in [1.29, 1.82) is 0 Å². The van der Waals surface area contributed by atoms with Crippen LogP contribution in [0.15, 0.2) is 0 Å². The third-order valence-corrected chi connectivity index (χ3v) is 2.70. The molecule has 2 nitrogen and oxygen atoms in total. The minimum atomic E-state index is -0.419. The minimum Gasteiger partial charge on any atom is -0.392 e. The van der Waals surface area contributed by atoms with Gasteiger partial charge < -0.3 is 5.11 Å². The Morgan fingerprint density at radius 3 is 2.58 bits per heavy atom. The lowest BCUT2D eigenvalue weighted by Crippen LogP contribution is -2.34. The van der Waals surface area contributed by atoms with Gasteiger partial charge in [-0.15, -0.1) is 0 Å². The second-order valence-corrected chi connectivity index (χ2v) is 4.05. The molecule has 0 bridgehead atoms. The summed E-state index contributed by atoms with van der Waals surface area (Å²) < 4.78 is 0. The summed E-state index contributed by atoms with van der Waals surface area (Å²) in [5, 5.41) is 9.70. The average Bonchev–Trinajstić information content (AvgIpc) is 2.04. The fraction of sp³-hybridized carbons (Fsp3) is 0.900. The second-order valence-electron chi connectivity index (χ2n) is 4.05. The molecule has 1 aliphatic carbocycles. The first-order valence-electron chi connectivity index (χ1n) is 4.83. The lowest BCUT2D eigenvalue weighted by Gasteiger charge is -2.27. The Morgan fingerprint density at radius 1 is 1.42 bits per heavy atom. The molecule has 1 fully saturated rings. The highest BCUT2D eigenvalue weighted by Crippen LogP contribution is 2.26. The van der Waals surface area contributed by atoms with E-state index in [4.69, 9.17) is 0 Å². The van der Waals surface area contributed by atoms with E-state index in [9.17, 15) is 9.90 Å². The Morgan fingerprint density at radius 2 is 2.08 bits per heavy atom. The SMILES string of the molecule is CC(C)[C@@H](O)[C@@H]1CCCCC1=O. The van der Waals surface area contributed by atoms with Crippen LogP contribution in [0.4, 0.5) is 0 Å². The van der Waals surface area contributed by atoms with Gasteiger partial charge in [-0.2, -0.15) is 0 Å². The minimum absolute atomic E-state index is 0.0706. The van der Waals surface area contributed by atoms with Crippen molar-refractivity contribution >= 4 is 5.78 Å². The summed E-state index contributed by atoms with van der Waals surface area (Å²) in [5.41, 5.74) is 0. The smallest absolute Gasteiger partial charge is 0.138 e. The average molecular weight is 170 g/mol. The molecule has 0 aromatic heterocycles. The van der Waals surface area contributed by atoms with E-state index < -0.39 is 6.10 Å². The van der Waals surface area contributed by atoms with E-state index in [0.717, 1.165) is 19.3 Å². The fourth-order valence-electron chi connectivity index (χ4n) is 1.84. The number of aliphatic hydroxyl groups excluding tert-OH is 1. The fourth-order valence-corrected chi connectivity index (χ4v) is 1.84. The van der Waals surface area contributed by atoms with Crippen LogP contribution in [-0.4, -0.2) is 17.0 Å². The number of hydrogen-bond acceptors (Lipinski definition) is 2. The molecule has 0 aromatic carbocycles. The lowest BCUT2D eigenvalue weighted by atomic mass is 9.80. The van der Waals surface area contributed by atoms with Gasteiger partial charge in [0.05, 0.1) is 6.10 Å². The summed E-state index contributed by atoms with van der Waals surface area (Å²) in [5.74, 6) is 0.401. The highest BCUT2D eigenvalue weighted by atomic mass is 16.3. The van der Waals surface area contributed by atoms with Crippen molar-refractivity contribution in [3.05, 3.63) is 0 Å². The molecule has 2 heteroatoms. The number of Topliss-reactive ketones (excluding diaryl/α,β-unsaturated/α-hetero) is 1. The molecule has 70 valence electrons.